The van der Waals surface area contributed by atoms with E-state index in [-0.39, 0.29) is 27.5 Å². The standard InChI is InChI=1S/C14H11F3N2OS/c15-10-3-7(14(19)20)1-2-8(10)6-21-13-11(16)4-9(18)5-12(13)17/h1-5H,6,18H2,(H2,19,20). The molecule has 1 amide bonds. The summed E-state index contributed by atoms with van der Waals surface area (Å²) < 4.78 is 40.9. The van der Waals surface area contributed by atoms with E-state index in [0.29, 0.717) is 0 Å². The van der Waals surface area contributed by atoms with E-state index in [1.54, 1.807) is 0 Å². The van der Waals surface area contributed by atoms with Gasteiger partial charge in [0.05, 0.1) is 4.90 Å². The molecular formula is C14H11F3N2OS. The third-order valence-electron chi connectivity index (χ3n) is 2.73. The van der Waals surface area contributed by atoms with Gasteiger partial charge in [-0.15, -0.1) is 11.8 Å². The first-order valence-corrected chi connectivity index (χ1v) is 6.82. The Bertz CT molecular complexity index is 684. The molecule has 110 valence electrons. The van der Waals surface area contributed by atoms with Crippen LogP contribution >= 0.6 is 11.8 Å². The number of amides is 1. The number of primary amides is 1. The summed E-state index contributed by atoms with van der Waals surface area (Å²) in [5.41, 5.74) is 10.6. The summed E-state index contributed by atoms with van der Waals surface area (Å²) in [5, 5.41) is 0. The van der Waals surface area contributed by atoms with Crippen molar-refractivity contribution in [2.75, 3.05) is 5.73 Å². The summed E-state index contributed by atoms with van der Waals surface area (Å²) >= 11 is 0.802. The first kappa shape index (κ1) is 15.2. The van der Waals surface area contributed by atoms with Crippen molar-refractivity contribution in [3.63, 3.8) is 0 Å². The third kappa shape index (κ3) is 3.49. The van der Waals surface area contributed by atoms with Gasteiger partial charge in [0.15, 0.2) is 0 Å². The van der Waals surface area contributed by atoms with Gasteiger partial charge in [0.25, 0.3) is 0 Å². The summed E-state index contributed by atoms with van der Waals surface area (Å²) in [7, 11) is 0. The summed E-state index contributed by atoms with van der Waals surface area (Å²) in [6.45, 7) is 0. The maximum Gasteiger partial charge on any atom is 0.248 e. The Morgan fingerprint density at radius 3 is 2.19 bits per heavy atom. The molecule has 3 nitrogen and oxygen atoms in total. The second kappa shape index (κ2) is 6.09. The van der Waals surface area contributed by atoms with Crippen LogP contribution in [0.5, 0.6) is 0 Å². The van der Waals surface area contributed by atoms with Crippen molar-refractivity contribution >= 4 is 23.4 Å². The normalized spacial score (nSPS) is 10.6. The zero-order valence-electron chi connectivity index (χ0n) is 10.7. The van der Waals surface area contributed by atoms with E-state index in [9.17, 15) is 18.0 Å². The molecule has 0 radical (unpaired) electrons. The number of nitrogen functional groups attached to an aromatic ring is 1. The van der Waals surface area contributed by atoms with E-state index in [1.165, 1.54) is 12.1 Å². The topological polar surface area (TPSA) is 69.1 Å². The van der Waals surface area contributed by atoms with Gasteiger partial charge in [-0.3, -0.25) is 4.79 Å². The molecule has 7 heteroatoms. The fourth-order valence-electron chi connectivity index (χ4n) is 1.68. The summed E-state index contributed by atoms with van der Waals surface area (Å²) in [4.78, 5) is 10.7. The van der Waals surface area contributed by atoms with E-state index in [2.05, 4.69) is 0 Å². The predicted octanol–water partition coefficient (Wildman–Crippen LogP) is 3.08. The lowest BCUT2D eigenvalue weighted by Gasteiger charge is -2.07. The second-order valence-electron chi connectivity index (χ2n) is 4.27. The van der Waals surface area contributed by atoms with Crippen LogP contribution in [0.4, 0.5) is 18.9 Å². The molecule has 0 fully saturated rings. The van der Waals surface area contributed by atoms with Crippen LogP contribution in [-0.4, -0.2) is 5.91 Å². The molecule has 0 unspecified atom stereocenters. The van der Waals surface area contributed by atoms with Gasteiger partial charge in [-0.1, -0.05) is 6.07 Å². The smallest absolute Gasteiger partial charge is 0.248 e. The average Bonchev–Trinajstić information content (AvgIpc) is 2.38. The van der Waals surface area contributed by atoms with Gasteiger partial charge in [0, 0.05) is 17.0 Å². The number of hydrogen-bond acceptors (Lipinski definition) is 3. The Balaban J connectivity index is 2.19. The van der Waals surface area contributed by atoms with E-state index in [0.717, 1.165) is 30.0 Å². The van der Waals surface area contributed by atoms with Crippen LogP contribution in [0.25, 0.3) is 0 Å². The second-order valence-corrected chi connectivity index (χ2v) is 5.26. The van der Waals surface area contributed by atoms with Crippen molar-refractivity contribution in [2.24, 2.45) is 5.73 Å². The molecule has 0 bridgehead atoms. The molecule has 2 rings (SSSR count). The van der Waals surface area contributed by atoms with Crippen LogP contribution in [-0.2, 0) is 5.75 Å². The molecule has 0 saturated carbocycles. The maximum absolute atomic E-state index is 13.7. The SMILES string of the molecule is NC(=O)c1ccc(CSc2c(F)cc(N)cc2F)c(F)c1. The first-order valence-electron chi connectivity index (χ1n) is 5.84. The summed E-state index contributed by atoms with van der Waals surface area (Å²) in [6, 6.07) is 5.70. The number of benzene rings is 2. The quantitative estimate of drug-likeness (QED) is 0.673. The van der Waals surface area contributed by atoms with Crippen molar-refractivity contribution in [1.29, 1.82) is 0 Å². The highest BCUT2D eigenvalue weighted by Crippen LogP contribution is 2.30. The summed E-state index contributed by atoms with van der Waals surface area (Å²) in [6.07, 6.45) is 0. The van der Waals surface area contributed by atoms with Gasteiger partial charge < -0.3 is 11.5 Å². The lowest BCUT2D eigenvalue weighted by molar-refractivity contribution is 0.1000. The molecule has 0 aromatic heterocycles. The number of anilines is 1. The van der Waals surface area contributed by atoms with Crippen LogP contribution in [0, 0.1) is 17.5 Å². The molecule has 4 N–H and O–H groups in total. The van der Waals surface area contributed by atoms with Crippen molar-refractivity contribution in [3.8, 4) is 0 Å². The zero-order chi connectivity index (χ0) is 15.6. The predicted molar refractivity (Wildman–Crippen MR) is 75.2 cm³/mol. The largest absolute Gasteiger partial charge is 0.399 e. The van der Waals surface area contributed by atoms with E-state index in [4.69, 9.17) is 11.5 Å². The lowest BCUT2D eigenvalue weighted by atomic mass is 10.1. The van der Waals surface area contributed by atoms with Crippen molar-refractivity contribution < 1.29 is 18.0 Å². The molecular weight excluding hydrogens is 301 g/mol. The Labute approximate surface area is 123 Å². The Kier molecular flexibility index (Phi) is 4.42. The van der Waals surface area contributed by atoms with Gasteiger partial charge >= 0.3 is 0 Å². The molecule has 0 heterocycles. The Hall–Kier alpha value is -2.15. The van der Waals surface area contributed by atoms with Gasteiger partial charge in [0.1, 0.15) is 17.5 Å². The molecule has 0 spiro atoms. The number of carbonyl (C=O) groups is 1. The number of thioether (sulfide) groups is 1. The van der Waals surface area contributed by atoms with Crippen molar-refractivity contribution in [2.45, 2.75) is 10.6 Å². The van der Waals surface area contributed by atoms with E-state index in [1.807, 2.05) is 0 Å². The molecule has 0 saturated heterocycles. The third-order valence-corrected chi connectivity index (χ3v) is 3.86. The van der Waals surface area contributed by atoms with Crippen molar-refractivity contribution in [1.82, 2.24) is 0 Å². The number of hydrogen-bond donors (Lipinski definition) is 2. The van der Waals surface area contributed by atoms with Gasteiger partial charge in [-0.25, -0.2) is 13.2 Å². The van der Waals surface area contributed by atoms with Crippen LogP contribution in [0.3, 0.4) is 0 Å². The van der Waals surface area contributed by atoms with Crippen LogP contribution < -0.4 is 11.5 Å². The first-order chi connectivity index (χ1) is 9.88. The average molecular weight is 312 g/mol. The Morgan fingerprint density at radius 2 is 1.67 bits per heavy atom. The Morgan fingerprint density at radius 1 is 1.05 bits per heavy atom. The summed E-state index contributed by atoms with van der Waals surface area (Å²) in [5.74, 6) is -3.00. The number of halogens is 3. The fourth-order valence-corrected chi connectivity index (χ4v) is 2.61. The molecule has 0 aliphatic rings. The van der Waals surface area contributed by atoms with Crippen LogP contribution in [0.2, 0.25) is 0 Å². The minimum absolute atomic E-state index is 0.00261. The highest BCUT2D eigenvalue weighted by molar-refractivity contribution is 7.98. The van der Waals surface area contributed by atoms with Gasteiger partial charge in [-0.05, 0) is 29.8 Å². The van der Waals surface area contributed by atoms with Gasteiger partial charge in [-0.2, -0.15) is 0 Å². The number of nitrogens with two attached hydrogens (primary N) is 2. The molecule has 21 heavy (non-hydrogen) atoms. The minimum atomic E-state index is -0.799. The molecule has 2 aromatic rings. The van der Waals surface area contributed by atoms with Crippen LogP contribution in [0.1, 0.15) is 15.9 Å². The van der Waals surface area contributed by atoms with Gasteiger partial charge in [0.2, 0.25) is 5.91 Å². The molecule has 0 aliphatic heterocycles. The minimum Gasteiger partial charge on any atom is -0.399 e. The molecule has 2 aromatic carbocycles. The monoisotopic (exact) mass is 312 g/mol. The van der Waals surface area contributed by atoms with E-state index >= 15 is 0 Å². The highest BCUT2D eigenvalue weighted by atomic mass is 32.2. The molecule has 0 atom stereocenters. The fraction of sp³-hybridized carbons (Fsp3) is 0.0714. The number of carbonyl (C=O) groups excluding carboxylic acids is 1. The number of rotatable bonds is 4. The highest BCUT2D eigenvalue weighted by Gasteiger charge is 2.13. The van der Waals surface area contributed by atoms with Crippen LogP contribution in [0.15, 0.2) is 35.2 Å². The maximum atomic E-state index is 13.7. The van der Waals surface area contributed by atoms with E-state index < -0.39 is 23.4 Å². The molecule has 0 aliphatic carbocycles. The zero-order valence-corrected chi connectivity index (χ0v) is 11.5. The van der Waals surface area contributed by atoms with Crippen molar-refractivity contribution in [3.05, 3.63) is 58.9 Å². The lowest BCUT2D eigenvalue weighted by Crippen LogP contribution is -2.11.